The fourth-order valence-electron chi connectivity index (χ4n) is 1.98. The SMILES string of the molecule is CC(C#N)CN(C)CCCCCCCCCS. The summed E-state index contributed by atoms with van der Waals surface area (Å²) in [5.74, 6) is 1.18. The van der Waals surface area contributed by atoms with Gasteiger partial charge in [-0.15, -0.1) is 0 Å². The Hall–Kier alpha value is -0.200. The summed E-state index contributed by atoms with van der Waals surface area (Å²) in [6, 6.07) is 2.28. The van der Waals surface area contributed by atoms with Crippen LogP contribution in [-0.2, 0) is 0 Å². The highest BCUT2D eigenvalue weighted by atomic mass is 32.1. The lowest BCUT2D eigenvalue weighted by molar-refractivity contribution is 0.302. The standard InChI is InChI=1S/C14H28N2S/c1-14(12-15)13-16(2)10-8-6-4-3-5-7-9-11-17/h14,17H,3-11,13H2,1-2H3. The van der Waals surface area contributed by atoms with E-state index in [2.05, 4.69) is 30.6 Å². The monoisotopic (exact) mass is 256 g/mol. The smallest absolute Gasteiger partial charge is 0.0666 e. The zero-order chi connectivity index (χ0) is 12.9. The number of nitriles is 1. The first kappa shape index (κ1) is 16.8. The van der Waals surface area contributed by atoms with Crippen LogP contribution in [0.1, 0.15) is 51.9 Å². The second-order valence-corrected chi connectivity index (χ2v) is 5.44. The number of rotatable bonds is 11. The molecule has 0 saturated carbocycles. The number of nitrogens with zero attached hydrogens (tertiary/aromatic N) is 2. The van der Waals surface area contributed by atoms with Gasteiger partial charge in [0.05, 0.1) is 12.0 Å². The highest BCUT2D eigenvalue weighted by molar-refractivity contribution is 7.80. The highest BCUT2D eigenvalue weighted by Gasteiger charge is 2.04. The second kappa shape index (κ2) is 12.3. The summed E-state index contributed by atoms with van der Waals surface area (Å²) in [6.45, 7) is 4.01. The molecule has 0 aliphatic carbocycles. The Labute approximate surface area is 113 Å². The van der Waals surface area contributed by atoms with E-state index < -0.39 is 0 Å². The molecular weight excluding hydrogens is 228 g/mol. The third kappa shape index (κ3) is 12.1. The van der Waals surface area contributed by atoms with E-state index in [1.807, 2.05) is 6.92 Å². The average Bonchev–Trinajstić information content (AvgIpc) is 2.32. The summed E-state index contributed by atoms with van der Waals surface area (Å²) in [6.07, 6.45) is 9.27. The van der Waals surface area contributed by atoms with E-state index in [-0.39, 0.29) is 5.92 Å². The summed E-state index contributed by atoms with van der Waals surface area (Å²) >= 11 is 4.21. The molecular formula is C14H28N2S. The maximum absolute atomic E-state index is 8.71. The van der Waals surface area contributed by atoms with Crippen LogP contribution in [0.4, 0.5) is 0 Å². The van der Waals surface area contributed by atoms with E-state index in [1.54, 1.807) is 0 Å². The first-order valence-corrected chi connectivity index (χ1v) is 7.53. The first-order valence-electron chi connectivity index (χ1n) is 6.89. The van der Waals surface area contributed by atoms with Gasteiger partial charge in [0.2, 0.25) is 0 Å². The summed E-state index contributed by atoms with van der Waals surface area (Å²) < 4.78 is 0. The van der Waals surface area contributed by atoms with Gasteiger partial charge in [0.1, 0.15) is 0 Å². The number of hydrogen-bond donors (Lipinski definition) is 1. The van der Waals surface area contributed by atoms with Gasteiger partial charge in [0.25, 0.3) is 0 Å². The maximum Gasteiger partial charge on any atom is 0.0666 e. The molecule has 0 aromatic carbocycles. The van der Waals surface area contributed by atoms with Crippen LogP contribution in [0.5, 0.6) is 0 Å². The highest BCUT2D eigenvalue weighted by Crippen LogP contribution is 2.08. The Bertz CT molecular complexity index is 201. The van der Waals surface area contributed by atoms with Gasteiger partial charge < -0.3 is 4.90 Å². The van der Waals surface area contributed by atoms with Crippen LogP contribution >= 0.6 is 12.6 Å². The molecule has 0 fully saturated rings. The second-order valence-electron chi connectivity index (χ2n) is 4.99. The summed E-state index contributed by atoms with van der Waals surface area (Å²) in [5.41, 5.74) is 0. The molecule has 0 saturated heterocycles. The molecule has 1 atom stereocenters. The molecule has 0 aliphatic heterocycles. The van der Waals surface area contributed by atoms with Crippen LogP contribution in [-0.4, -0.2) is 30.8 Å². The lowest BCUT2D eigenvalue weighted by atomic mass is 10.1. The Morgan fingerprint density at radius 2 is 1.59 bits per heavy atom. The Morgan fingerprint density at radius 3 is 2.12 bits per heavy atom. The Kier molecular flexibility index (Phi) is 12.1. The van der Waals surface area contributed by atoms with Crippen molar-refractivity contribution in [1.29, 1.82) is 5.26 Å². The molecule has 0 rings (SSSR count). The van der Waals surface area contributed by atoms with Gasteiger partial charge in [-0.3, -0.25) is 0 Å². The molecule has 0 aromatic rings. The summed E-state index contributed by atoms with van der Waals surface area (Å²) in [7, 11) is 2.11. The molecule has 3 heteroatoms. The molecule has 0 spiro atoms. The van der Waals surface area contributed by atoms with Crippen molar-refractivity contribution in [1.82, 2.24) is 4.90 Å². The first-order chi connectivity index (χ1) is 8.20. The maximum atomic E-state index is 8.71. The van der Waals surface area contributed by atoms with Crippen LogP contribution in [0.15, 0.2) is 0 Å². The normalized spacial score (nSPS) is 12.6. The number of unbranched alkanes of at least 4 members (excludes halogenated alkanes) is 6. The van der Waals surface area contributed by atoms with E-state index in [4.69, 9.17) is 5.26 Å². The molecule has 2 nitrogen and oxygen atoms in total. The molecule has 0 amide bonds. The van der Waals surface area contributed by atoms with E-state index in [1.165, 1.54) is 44.9 Å². The molecule has 100 valence electrons. The predicted molar refractivity (Wildman–Crippen MR) is 78.4 cm³/mol. The lowest BCUT2D eigenvalue weighted by Crippen LogP contribution is -2.24. The molecule has 0 heterocycles. The van der Waals surface area contributed by atoms with E-state index in [9.17, 15) is 0 Å². The van der Waals surface area contributed by atoms with Crippen LogP contribution < -0.4 is 0 Å². The van der Waals surface area contributed by atoms with Crippen LogP contribution in [0.25, 0.3) is 0 Å². The predicted octanol–water partition coefficient (Wildman–Crippen LogP) is 3.74. The number of thiol groups is 1. The average molecular weight is 256 g/mol. The fraction of sp³-hybridized carbons (Fsp3) is 0.929. The molecule has 0 aromatic heterocycles. The van der Waals surface area contributed by atoms with Gasteiger partial charge in [-0.25, -0.2) is 0 Å². The van der Waals surface area contributed by atoms with E-state index >= 15 is 0 Å². The minimum absolute atomic E-state index is 0.154. The van der Waals surface area contributed by atoms with Crippen molar-refractivity contribution < 1.29 is 0 Å². The van der Waals surface area contributed by atoms with Crippen molar-refractivity contribution in [2.75, 3.05) is 25.9 Å². The van der Waals surface area contributed by atoms with Gasteiger partial charge in [0.15, 0.2) is 0 Å². The van der Waals surface area contributed by atoms with E-state index in [0.717, 1.165) is 18.8 Å². The molecule has 0 bridgehead atoms. The van der Waals surface area contributed by atoms with Gasteiger partial charge in [-0.2, -0.15) is 17.9 Å². The largest absolute Gasteiger partial charge is 0.305 e. The van der Waals surface area contributed by atoms with Crippen molar-refractivity contribution in [3.8, 4) is 6.07 Å². The van der Waals surface area contributed by atoms with Crippen LogP contribution in [0.3, 0.4) is 0 Å². The minimum Gasteiger partial charge on any atom is -0.305 e. The van der Waals surface area contributed by atoms with Crippen molar-refractivity contribution in [3.63, 3.8) is 0 Å². The Balaban J connectivity index is 3.20. The molecule has 17 heavy (non-hydrogen) atoms. The van der Waals surface area contributed by atoms with Gasteiger partial charge in [-0.1, -0.05) is 32.1 Å². The van der Waals surface area contributed by atoms with Gasteiger partial charge in [-0.05, 0) is 39.1 Å². The molecule has 0 radical (unpaired) electrons. The number of hydrogen-bond acceptors (Lipinski definition) is 3. The minimum atomic E-state index is 0.154. The third-order valence-corrected chi connectivity index (χ3v) is 3.32. The van der Waals surface area contributed by atoms with Gasteiger partial charge in [0, 0.05) is 6.54 Å². The van der Waals surface area contributed by atoms with Crippen molar-refractivity contribution in [3.05, 3.63) is 0 Å². The lowest BCUT2D eigenvalue weighted by Gasteiger charge is -2.17. The summed E-state index contributed by atoms with van der Waals surface area (Å²) in [4.78, 5) is 2.27. The van der Waals surface area contributed by atoms with E-state index in [0.29, 0.717) is 0 Å². The van der Waals surface area contributed by atoms with Crippen molar-refractivity contribution in [2.45, 2.75) is 51.9 Å². The quantitative estimate of drug-likeness (QED) is 0.450. The summed E-state index contributed by atoms with van der Waals surface area (Å²) in [5, 5.41) is 8.71. The molecule has 0 N–H and O–H groups in total. The zero-order valence-corrected chi connectivity index (χ0v) is 12.4. The van der Waals surface area contributed by atoms with Crippen molar-refractivity contribution >= 4 is 12.6 Å². The van der Waals surface area contributed by atoms with Crippen LogP contribution in [0, 0.1) is 17.2 Å². The van der Waals surface area contributed by atoms with Gasteiger partial charge >= 0.3 is 0 Å². The molecule has 1 unspecified atom stereocenters. The molecule has 0 aliphatic rings. The topological polar surface area (TPSA) is 27.0 Å². The Morgan fingerprint density at radius 1 is 1.06 bits per heavy atom. The zero-order valence-electron chi connectivity index (χ0n) is 11.5. The fourth-order valence-corrected chi connectivity index (χ4v) is 2.20. The van der Waals surface area contributed by atoms with Crippen LogP contribution in [0.2, 0.25) is 0 Å². The van der Waals surface area contributed by atoms with Crippen molar-refractivity contribution in [2.24, 2.45) is 5.92 Å². The third-order valence-electron chi connectivity index (χ3n) is 3.00.